The molecule has 2 rings (SSSR count). The van der Waals surface area contributed by atoms with E-state index < -0.39 is 5.69 Å². The molecule has 1 fully saturated rings. The molecule has 5 heteroatoms. The van der Waals surface area contributed by atoms with Crippen LogP contribution in [0, 0.1) is 0 Å². The van der Waals surface area contributed by atoms with Gasteiger partial charge in [-0.1, -0.05) is 0 Å². The summed E-state index contributed by atoms with van der Waals surface area (Å²) >= 11 is 0. The molecule has 0 spiro atoms. The van der Waals surface area contributed by atoms with Crippen molar-refractivity contribution in [3.8, 4) is 0 Å². The van der Waals surface area contributed by atoms with Gasteiger partial charge in [0.25, 0.3) is 0 Å². The van der Waals surface area contributed by atoms with Crippen LogP contribution < -0.4 is 5.69 Å². The van der Waals surface area contributed by atoms with Gasteiger partial charge in [-0.3, -0.25) is 0 Å². The summed E-state index contributed by atoms with van der Waals surface area (Å²) < 4.78 is 10.3. The average molecular weight is 184 g/mol. The molecule has 1 aliphatic rings. The summed E-state index contributed by atoms with van der Waals surface area (Å²) in [6, 6.07) is 0. The molecule has 0 radical (unpaired) electrons. The first-order valence-corrected chi connectivity index (χ1v) is 4.50. The van der Waals surface area contributed by atoms with E-state index in [-0.39, 0.29) is 6.10 Å². The largest absolute Gasteiger partial charge is 0.378 e. The van der Waals surface area contributed by atoms with Gasteiger partial charge in [0.1, 0.15) is 0 Å². The Bertz CT molecular complexity index is 311. The zero-order valence-electron chi connectivity index (χ0n) is 7.28. The van der Waals surface area contributed by atoms with Crippen LogP contribution >= 0.6 is 0 Å². The number of nitrogens with zero attached hydrogens (tertiary/aromatic N) is 1. The summed E-state index contributed by atoms with van der Waals surface area (Å²) in [7, 11) is 0. The van der Waals surface area contributed by atoms with Gasteiger partial charge in [0.15, 0.2) is 0 Å². The Kier molecular flexibility index (Phi) is 2.44. The van der Waals surface area contributed by atoms with Crippen LogP contribution in [0.5, 0.6) is 0 Å². The monoisotopic (exact) mass is 184 g/mol. The fourth-order valence-electron chi connectivity index (χ4n) is 1.51. The van der Waals surface area contributed by atoms with Gasteiger partial charge in [-0.05, 0) is 19.3 Å². The van der Waals surface area contributed by atoms with Crippen molar-refractivity contribution in [2.75, 3.05) is 6.61 Å². The Morgan fingerprint density at radius 2 is 2.46 bits per heavy atom. The van der Waals surface area contributed by atoms with Gasteiger partial charge in [0, 0.05) is 6.61 Å². The molecule has 0 aromatic carbocycles. The fraction of sp³-hybridized carbons (Fsp3) is 0.750. The molecule has 1 saturated heterocycles. The third-order valence-electron chi connectivity index (χ3n) is 2.16. The lowest BCUT2D eigenvalue weighted by molar-refractivity contribution is 0.0124. The molecule has 1 unspecified atom stereocenters. The molecular formula is C8H12N2O3. The molecule has 1 aromatic heterocycles. The van der Waals surface area contributed by atoms with Crippen molar-refractivity contribution in [1.29, 1.82) is 0 Å². The predicted octanol–water partition coefficient (Wildman–Crippen LogP) is 0.474. The highest BCUT2D eigenvalue weighted by Gasteiger charge is 2.17. The molecular weight excluding hydrogens is 172 g/mol. The van der Waals surface area contributed by atoms with E-state index in [1.807, 2.05) is 0 Å². The highest BCUT2D eigenvalue weighted by atomic mass is 16.5. The van der Waals surface area contributed by atoms with Crippen molar-refractivity contribution in [3.05, 3.63) is 16.4 Å². The Morgan fingerprint density at radius 3 is 3.08 bits per heavy atom. The van der Waals surface area contributed by atoms with E-state index in [9.17, 15) is 4.79 Å². The van der Waals surface area contributed by atoms with Gasteiger partial charge in [0.05, 0.1) is 12.5 Å². The summed E-state index contributed by atoms with van der Waals surface area (Å²) in [6.45, 7) is 0.805. The molecule has 13 heavy (non-hydrogen) atoms. The number of aromatic amines is 1. The summed E-state index contributed by atoms with van der Waals surface area (Å²) in [5.74, 6) is 0.442. The molecule has 5 nitrogen and oxygen atoms in total. The first-order valence-electron chi connectivity index (χ1n) is 4.50. The molecule has 1 atom stereocenters. The topological polar surface area (TPSA) is 68.1 Å². The number of nitrogens with one attached hydrogen (secondary N) is 1. The van der Waals surface area contributed by atoms with Gasteiger partial charge < -0.3 is 9.26 Å². The summed E-state index contributed by atoms with van der Waals surface area (Å²) in [4.78, 5) is 14.3. The van der Waals surface area contributed by atoms with Crippen LogP contribution in [0.1, 0.15) is 25.2 Å². The number of hydrogen-bond donors (Lipinski definition) is 1. The molecule has 2 heterocycles. The smallest absolute Gasteiger partial charge is 0.377 e. The van der Waals surface area contributed by atoms with Crippen molar-refractivity contribution in [1.82, 2.24) is 10.1 Å². The van der Waals surface area contributed by atoms with E-state index in [2.05, 4.69) is 10.1 Å². The van der Waals surface area contributed by atoms with Crippen LogP contribution in [-0.4, -0.2) is 22.9 Å². The van der Waals surface area contributed by atoms with Crippen LogP contribution in [0.4, 0.5) is 0 Å². The number of H-pyrrole nitrogens is 1. The number of hydrogen-bond acceptors (Lipinski definition) is 4. The van der Waals surface area contributed by atoms with Gasteiger partial charge >= 0.3 is 5.69 Å². The van der Waals surface area contributed by atoms with Crippen LogP contribution in [0.2, 0.25) is 0 Å². The van der Waals surface area contributed by atoms with Gasteiger partial charge in [-0.25, -0.2) is 4.79 Å². The maximum atomic E-state index is 10.6. The van der Waals surface area contributed by atoms with E-state index in [0.29, 0.717) is 12.3 Å². The van der Waals surface area contributed by atoms with Crippen molar-refractivity contribution in [2.45, 2.75) is 31.8 Å². The zero-order valence-corrected chi connectivity index (χ0v) is 7.28. The SMILES string of the molecule is O=c1nc(CC2CCCCO2)o[nH]1. The Balaban J connectivity index is 1.93. The molecule has 1 aromatic rings. The van der Waals surface area contributed by atoms with E-state index in [4.69, 9.17) is 9.26 Å². The number of rotatable bonds is 2. The lowest BCUT2D eigenvalue weighted by atomic mass is 10.1. The third-order valence-corrected chi connectivity index (χ3v) is 2.16. The second-order valence-electron chi connectivity index (χ2n) is 3.21. The average Bonchev–Trinajstić information content (AvgIpc) is 2.53. The first-order chi connectivity index (χ1) is 6.34. The molecule has 0 bridgehead atoms. The van der Waals surface area contributed by atoms with Crippen molar-refractivity contribution in [2.24, 2.45) is 0 Å². The molecule has 0 amide bonds. The Hall–Kier alpha value is -1.10. The summed E-state index contributed by atoms with van der Waals surface area (Å²) in [5.41, 5.74) is -0.425. The maximum Gasteiger partial charge on any atom is 0.377 e. The summed E-state index contributed by atoms with van der Waals surface area (Å²) in [5, 5.41) is 2.16. The quantitative estimate of drug-likeness (QED) is 0.725. The molecule has 72 valence electrons. The maximum absolute atomic E-state index is 10.6. The van der Waals surface area contributed by atoms with Crippen molar-refractivity contribution < 1.29 is 9.26 Å². The van der Waals surface area contributed by atoms with E-state index in [0.717, 1.165) is 19.4 Å². The lowest BCUT2D eigenvalue weighted by Crippen LogP contribution is -2.21. The highest BCUT2D eigenvalue weighted by Crippen LogP contribution is 2.15. The number of ether oxygens (including phenoxy) is 1. The van der Waals surface area contributed by atoms with E-state index >= 15 is 0 Å². The van der Waals surface area contributed by atoms with Crippen LogP contribution in [0.3, 0.4) is 0 Å². The summed E-state index contributed by atoms with van der Waals surface area (Å²) in [6.07, 6.45) is 4.09. The lowest BCUT2D eigenvalue weighted by Gasteiger charge is -2.20. The van der Waals surface area contributed by atoms with Crippen molar-refractivity contribution in [3.63, 3.8) is 0 Å². The highest BCUT2D eigenvalue weighted by molar-refractivity contribution is 4.80. The van der Waals surface area contributed by atoms with Crippen LogP contribution in [0.15, 0.2) is 9.32 Å². The number of aromatic nitrogens is 2. The second-order valence-corrected chi connectivity index (χ2v) is 3.21. The minimum absolute atomic E-state index is 0.167. The van der Waals surface area contributed by atoms with Crippen LogP contribution in [-0.2, 0) is 11.2 Å². The van der Waals surface area contributed by atoms with Gasteiger partial charge in [0.2, 0.25) is 5.89 Å². The van der Waals surface area contributed by atoms with Crippen molar-refractivity contribution >= 4 is 0 Å². The first kappa shape index (κ1) is 8.50. The predicted molar refractivity (Wildman–Crippen MR) is 44.4 cm³/mol. The van der Waals surface area contributed by atoms with Gasteiger partial charge in [-0.2, -0.15) is 10.1 Å². The van der Waals surface area contributed by atoms with E-state index in [1.165, 1.54) is 6.42 Å². The van der Waals surface area contributed by atoms with Crippen LogP contribution in [0.25, 0.3) is 0 Å². The third kappa shape index (κ3) is 2.18. The minimum Gasteiger partial charge on any atom is -0.378 e. The van der Waals surface area contributed by atoms with Gasteiger partial charge in [-0.15, -0.1) is 0 Å². The minimum atomic E-state index is -0.425. The molecule has 0 saturated carbocycles. The second kappa shape index (κ2) is 3.74. The molecule has 0 aliphatic carbocycles. The van der Waals surface area contributed by atoms with E-state index in [1.54, 1.807) is 0 Å². The normalized spacial score (nSPS) is 23.2. The standard InChI is InChI=1S/C8H12N2O3/c11-8-9-7(13-10-8)5-6-3-1-2-4-12-6/h6H,1-5H2,(H,10,11). The Labute approximate surface area is 75.1 Å². The molecule has 1 N–H and O–H groups in total. The zero-order chi connectivity index (χ0) is 9.10. The molecule has 1 aliphatic heterocycles. The fourth-order valence-corrected chi connectivity index (χ4v) is 1.51. The Morgan fingerprint density at radius 1 is 1.54 bits per heavy atom.